The molecule has 0 saturated carbocycles. The van der Waals surface area contributed by atoms with Crippen LogP contribution < -0.4 is 10.5 Å². The zero-order valence-electron chi connectivity index (χ0n) is 10.3. The fourth-order valence-electron chi connectivity index (χ4n) is 1.42. The van der Waals surface area contributed by atoms with Gasteiger partial charge < -0.3 is 15.2 Å². The number of hydrogen-bond donors (Lipinski definition) is 1. The molecule has 0 aliphatic carbocycles. The zero-order chi connectivity index (χ0) is 12.7. The molecule has 0 fully saturated rings. The Kier molecular flexibility index (Phi) is 6.00. The van der Waals surface area contributed by atoms with Gasteiger partial charge in [0.25, 0.3) is 0 Å². The standard InChI is InChI=1S/C12H19NO3S/c1-3-16-7-4-8-17(14)12-6-5-10(13)9-11(12)15-2/h5-6,9H,3-4,7-8,13H2,1-2H3. The van der Waals surface area contributed by atoms with Gasteiger partial charge in [0.2, 0.25) is 0 Å². The maximum absolute atomic E-state index is 12.0. The SMILES string of the molecule is CCOCCCS(=O)c1ccc(N)cc1OC. The van der Waals surface area contributed by atoms with Gasteiger partial charge in [-0.3, -0.25) is 4.21 Å². The maximum Gasteiger partial charge on any atom is 0.137 e. The average Bonchev–Trinajstić information content (AvgIpc) is 2.34. The molecule has 0 aromatic heterocycles. The minimum absolute atomic E-state index is 0.570. The molecule has 96 valence electrons. The topological polar surface area (TPSA) is 61.5 Å². The van der Waals surface area contributed by atoms with Crippen LogP contribution in [0.15, 0.2) is 23.1 Å². The van der Waals surface area contributed by atoms with Crippen LogP contribution in [-0.4, -0.2) is 30.3 Å². The molecule has 1 atom stereocenters. The molecule has 0 amide bonds. The smallest absolute Gasteiger partial charge is 0.137 e. The Morgan fingerprint density at radius 1 is 1.41 bits per heavy atom. The summed E-state index contributed by atoms with van der Waals surface area (Å²) >= 11 is 0. The van der Waals surface area contributed by atoms with Gasteiger partial charge >= 0.3 is 0 Å². The van der Waals surface area contributed by atoms with E-state index in [0.717, 1.165) is 6.42 Å². The number of hydrogen-bond acceptors (Lipinski definition) is 4. The molecule has 0 spiro atoms. The van der Waals surface area contributed by atoms with Crippen LogP contribution in [-0.2, 0) is 15.5 Å². The van der Waals surface area contributed by atoms with Crippen molar-refractivity contribution in [3.8, 4) is 5.75 Å². The van der Waals surface area contributed by atoms with Gasteiger partial charge in [-0.2, -0.15) is 0 Å². The fraction of sp³-hybridized carbons (Fsp3) is 0.500. The second-order valence-electron chi connectivity index (χ2n) is 3.51. The Hall–Kier alpha value is -1.07. The van der Waals surface area contributed by atoms with Crippen LogP contribution in [0.4, 0.5) is 5.69 Å². The van der Waals surface area contributed by atoms with Crippen LogP contribution in [0.5, 0.6) is 5.75 Å². The number of methoxy groups -OCH3 is 1. The van der Waals surface area contributed by atoms with E-state index in [0.29, 0.717) is 35.3 Å². The minimum atomic E-state index is -1.07. The van der Waals surface area contributed by atoms with Crippen molar-refractivity contribution in [2.75, 3.05) is 31.8 Å². The highest BCUT2D eigenvalue weighted by molar-refractivity contribution is 7.85. The third kappa shape index (κ3) is 4.36. The molecule has 0 radical (unpaired) electrons. The molecule has 0 aliphatic heterocycles. The first kappa shape index (κ1) is 14.0. The van der Waals surface area contributed by atoms with E-state index >= 15 is 0 Å². The molecule has 1 rings (SSSR count). The van der Waals surface area contributed by atoms with Crippen molar-refractivity contribution < 1.29 is 13.7 Å². The lowest BCUT2D eigenvalue weighted by atomic mass is 10.3. The van der Waals surface area contributed by atoms with Crippen molar-refractivity contribution in [1.82, 2.24) is 0 Å². The highest BCUT2D eigenvalue weighted by Crippen LogP contribution is 2.25. The minimum Gasteiger partial charge on any atom is -0.495 e. The van der Waals surface area contributed by atoms with Crippen molar-refractivity contribution in [3.63, 3.8) is 0 Å². The van der Waals surface area contributed by atoms with Gasteiger partial charge in [-0.15, -0.1) is 0 Å². The molecule has 1 unspecified atom stereocenters. The average molecular weight is 257 g/mol. The van der Waals surface area contributed by atoms with Gasteiger partial charge in [-0.05, 0) is 25.5 Å². The van der Waals surface area contributed by atoms with Crippen molar-refractivity contribution in [3.05, 3.63) is 18.2 Å². The maximum atomic E-state index is 12.0. The molecule has 5 heteroatoms. The first-order valence-corrected chi connectivity index (χ1v) is 6.90. The predicted molar refractivity (Wildman–Crippen MR) is 69.8 cm³/mol. The van der Waals surface area contributed by atoms with Gasteiger partial charge in [-0.25, -0.2) is 0 Å². The number of benzene rings is 1. The fourth-order valence-corrected chi connectivity index (χ4v) is 2.61. The van der Waals surface area contributed by atoms with Crippen LogP contribution >= 0.6 is 0 Å². The van der Waals surface area contributed by atoms with Crippen LogP contribution in [0.3, 0.4) is 0 Å². The third-order valence-electron chi connectivity index (χ3n) is 2.26. The Morgan fingerprint density at radius 3 is 2.82 bits per heavy atom. The summed E-state index contributed by atoms with van der Waals surface area (Å²) in [4.78, 5) is 0.693. The lowest BCUT2D eigenvalue weighted by molar-refractivity contribution is 0.149. The summed E-state index contributed by atoms with van der Waals surface area (Å²) in [5, 5.41) is 0. The summed E-state index contributed by atoms with van der Waals surface area (Å²) in [6.45, 7) is 3.28. The summed E-state index contributed by atoms with van der Waals surface area (Å²) in [6.07, 6.45) is 0.772. The van der Waals surface area contributed by atoms with Gasteiger partial charge in [0.1, 0.15) is 5.75 Å². The molecular weight excluding hydrogens is 238 g/mol. The van der Waals surface area contributed by atoms with E-state index < -0.39 is 10.8 Å². The highest BCUT2D eigenvalue weighted by Gasteiger charge is 2.10. The monoisotopic (exact) mass is 257 g/mol. The molecule has 0 bridgehead atoms. The lowest BCUT2D eigenvalue weighted by Gasteiger charge is -2.09. The van der Waals surface area contributed by atoms with Gasteiger partial charge in [0, 0.05) is 30.7 Å². The molecule has 17 heavy (non-hydrogen) atoms. The Labute approximate surface area is 105 Å². The van der Waals surface area contributed by atoms with Crippen molar-refractivity contribution >= 4 is 16.5 Å². The van der Waals surface area contributed by atoms with Crippen molar-refractivity contribution in [1.29, 1.82) is 0 Å². The van der Waals surface area contributed by atoms with E-state index in [4.69, 9.17) is 15.2 Å². The van der Waals surface area contributed by atoms with E-state index in [2.05, 4.69) is 0 Å². The highest BCUT2D eigenvalue weighted by atomic mass is 32.2. The van der Waals surface area contributed by atoms with Gasteiger partial charge in [0.05, 0.1) is 22.8 Å². The molecule has 4 nitrogen and oxygen atoms in total. The molecule has 2 N–H and O–H groups in total. The summed E-state index contributed by atoms with van der Waals surface area (Å²) in [7, 11) is 0.484. The second-order valence-corrected chi connectivity index (χ2v) is 5.05. The van der Waals surface area contributed by atoms with Crippen molar-refractivity contribution in [2.45, 2.75) is 18.2 Å². The number of ether oxygens (including phenoxy) is 2. The summed E-state index contributed by atoms with van der Waals surface area (Å²) < 4.78 is 22.4. The van der Waals surface area contributed by atoms with E-state index in [1.54, 1.807) is 25.3 Å². The van der Waals surface area contributed by atoms with E-state index in [-0.39, 0.29) is 0 Å². The Bertz CT molecular complexity index is 382. The Balaban J connectivity index is 2.62. The van der Waals surface area contributed by atoms with E-state index in [9.17, 15) is 4.21 Å². The summed E-state index contributed by atoms with van der Waals surface area (Å²) in [5.41, 5.74) is 6.25. The van der Waals surface area contributed by atoms with Crippen LogP contribution in [0.2, 0.25) is 0 Å². The van der Waals surface area contributed by atoms with Gasteiger partial charge in [0.15, 0.2) is 0 Å². The third-order valence-corrected chi connectivity index (χ3v) is 3.74. The number of nitrogens with two attached hydrogens (primary N) is 1. The first-order valence-electron chi connectivity index (χ1n) is 5.58. The molecule has 1 aromatic rings. The zero-order valence-corrected chi connectivity index (χ0v) is 11.1. The summed E-state index contributed by atoms with van der Waals surface area (Å²) in [5.74, 6) is 1.15. The normalized spacial score (nSPS) is 12.4. The largest absolute Gasteiger partial charge is 0.495 e. The molecule has 0 heterocycles. The van der Waals surface area contributed by atoms with E-state index in [1.165, 1.54) is 0 Å². The van der Waals surface area contributed by atoms with Crippen molar-refractivity contribution in [2.24, 2.45) is 0 Å². The Morgan fingerprint density at radius 2 is 2.18 bits per heavy atom. The van der Waals surface area contributed by atoms with E-state index in [1.807, 2.05) is 6.92 Å². The van der Waals surface area contributed by atoms with Crippen LogP contribution in [0, 0.1) is 0 Å². The lowest BCUT2D eigenvalue weighted by Crippen LogP contribution is -2.04. The predicted octanol–water partition coefficient (Wildman–Crippen LogP) is 1.81. The molecule has 1 aromatic carbocycles. The second kappa shape index (κ2) is 7.29. The number of anilines is 1. The van der Waals surface area contributed by atoms with Crippen LogP contribution in [0.25, 0.3) is 0 Å². The quantitative estimate of drug-likeness (QED) is 0.598. The van der Waals surface area contributed by atoms with Crippen LogP contribution in [0.1, 0.15) is 13.3 Å². The first-order chi connectivity index (χ1) is 8.19. The van der Waals surface area contributed by atoms with Gasteiger partial charge in [-0.1, -0.05) is 0 Å². The number of nitrogen functional groups attached to an aromatic ring is 1. The summed E-state index contributed by atoms with van der Waals surface area (Å²) in [6, 6.07) is 5.18. The molecule has 0 saturated heterocycles. The molecule has 0 aliphatic rings. The number of rotatable bonds is 7. The molecular formula is C12H19NO3S.